The maximum atomic E-state index is 12.9. The first-order chi connectivity index (χ1) is 15.3. The summed E-state index contributed by atoms with van der Waals surface area (Å²) in [6, 6.07) is 6.18. The molecule has 0 amide bonds. The van der Waals surface area contributed by atoms with Crippen molar-refractivity contribution in [1.82, 2.24) is 9.66 Å². The van der Waals surface area contributed by atoms with E-state index in [0.717, 1.165) is 30.0 Å². The van der Waals surface area contributed by atoms with E-state index in [4.69, 9.17) is 4.99 Å². The lowest BCUT2D eigenvalue weighted by atomic mass is 9.90. The van der Waals surface area contributed by atoms with E-state index < -0.39 is 0 Å². The molecule has 7 heteroatoms. The molecular formula is C25H29N5O2. The molecule has 4 rings (SSSR count). The molecule has 1 atom stereocenters. The number of aliphatic imine (C=N–C) groups is 1. The molecule has 1 aliphatic heterocycles. The van der Waals surface area contributed by atoms with Crippen LogP contribution in [0.4, 0.5) is 11.4 Å². The Hall–Kier alpha value is -3.48. The van der Waals surface area contributed by atoms with E-state index >= 15 is 0 Å². The van der Waals surface area contributed by atoms with Gasteiger partial charge in [0.05, 0.1) is 11.6 Å². The molecule has 0 saturated heterocycles. The van der Waals surface area contributed by atoms with Crippen molar-refractivity contribution in [3.8, 4) is 0 Å². The van der Waals surface area contributed by atoms with E-state index in [1.807, 2.05) is 32.1 Å². The van der Waals surface area contributed by atoms with Crippen LogP contribution in [-0.4, -0.2) is 39.3 Å². The fraction of sp³-hybridized carbons (Fsp3) is 0.360. The van der Waals surface area contributed by atoms with Crippen LogP contribution in [0.5, 0.6) is 0 Å². The third-order valence-electron chi connectivity index (χ3n) is 6.20. The second-order valence-electron chi connectivity index (χ2n) is 8.16. The maximum Gasteiger partial charge on any atom is 0.277 e. The molecule has 1 unspecified atom stereocenters. The van der Waals surface area contributed by atoms with Crippen LogP contribution in [0.3, 0.4) is 0 Å². The summed E-state index contributed by atoms with van der Waals surface area (Å²) in [5, 5.41) is 15.1. The summed E-state index contributed by atoms with van der Waals surface area (Å²) in [4.78, 5) is 24.8. The molecule has 1 aromatic heterocycles. The van der Waals surface area contributed by atoms with E-state index in [2.05, 4.69) is 41.0 Å². The van der Waals surface area contributed by atoms with Crippen LogP contribution in [-0.2, 0) is 0 Å². The number of fused-ring (bicyclic) bond motifs is 1. The highest BCUT2D eigenvalue weighted by Crippen LogP contribution is 2.30. The fourth-order valence-corrected chi connectivity index (χ4v) is 4.10. The minimum Gasteiger partial charge on any atom is -0.512 e. The Kier molecular flexibility index (Phi) is 5.82. The zero-order chi connectivity index (χ0) is 23.0. The van der Waals surface area contributed by atoms with Gasteiger partial charge in [0.2, 0.25) is 0 Å². The van der Waals surface area contributed by atoms with Crippen molar-refractivity contribution in [3.05, 3.63) is 75.2 Å². The smallest absolute Gasteiger partial charge is 0.277 e. The highest BCUT2D eigenvalue weighted by atomic mass is 16.3. The number of aliphatic hydroxyl groups excluding tert-OH is 1. The first kappa shape index (κ1) is 21.7. The van der Waals surface area contributed by atoms with E-state index in [9.17, 15) is 9.90 Å². The van der Waals surface area contributed by atoms with Crippen LogP contribution in [0.15, 0.2) is 57.1 Å². The predicted octanol–water partition coefficient (Wildman–Crippen LogP) is 4.37. The van der Waals surface area contributed by atoms with Gasteiger partial charge in [-0.15, -0.1) is 0 Å². The minimum absolute atomic E-state index is 0.210. The van der Waals surface area contributed by atoms with Crippen LogP contribution in [0.2, 0.25) is 0 Å². The second-order valence-corrected chi connectivity index (χ2v) is 8.16. The maximum absolute atomic E-state index is 12.9. The SMILES string of the molecule is CCN(CC)c1ccc(N=C2C(C3CC=CC=C3O)=Nn3c2nc(C)c(C)c3=O)c(C)c1. The molecule has 166 valence electrons. The topological polar surface area (TPSA) is 83.1 Å². The third-order valence-corrected chi connectivity index (χ3v) is 6.20. The van der Waals surface area contributed by atoms with Gasteiger partial charge in [0, 0.05) is 30.0 Å². The number of nitrogens with zero attached hydrogens (tertiary/aromatic N) is 5. The van der Waals surface area contributed by atoms with Gasteiger partial charge in [0.15, 0.2) is 5.82 Å². The number of rotatable bonds is 5. The van der Waals surface area contributed by atoms with Crippen LogP contribution < -0.4 is 10.5 Å². The van der Waals surface area contributed by atoms with Gasteiger partial charge in [-0.1, -0.05) is 12.2 Å². The lowest BCUT2D eigenvalue weighted by Gasteiger charge is -2.22. The molecule has 1 N–H and O–H groups in total. The van der Waals surface area contributed by atoms with Crippen molar-refractivity contribution in [2.45, 2.75) is 41.0 Å². The normalized spacial score (nSPS) is 18.5. The summed E-state index contributed by atoms with van der Waals surface area (Å²) in [6.45, 7) is 11.7. The summed E-state index contributed by atoms with van der Waals surface area (Å²) >= 11 is 0. The minimum atomic E-state index is -0.365. The van der Waals surface area contributed by atoms with Crippen molar-refractivity contribution < 1.29 is 5.11 Å². The van der Waals surface area contributed by atoms with E-state index in [1.54, 1.807) is 13.0 Å². The summed E-state index contributed by atoms with van der Waals surface area (Å²) in [6.07, 6.45) is 6.04. The molecule has 7 nitrogen and oxygen atoms in total. The lowest BCUT2D eigenvalue weighted by molar-refractivity contribution is 0.363. The average Bonchev–Trinajstić information content (AvgIpc) is 3.13. The molecule has 0 saturated carbocycles. The van der Waals surface area contributed by atoms with Crippen molar-refractivity contribution in [2.24, 2.45) is 16.0 Å². The Bertz CT molecular complexity index is 1250. The van der Waals surface area contributed by atoms with E-state index in [-0.39, 0.29) is 17.2 Å². The van der Waals surface area contributed by atoms with Crippen LogP contribution in [0, 0.1) is 26.7 Å². The first-order valence-corrected chi connectivity index (χ1v) is 11.1. The number of hydrogen-bond donors (Lipinski definition) is 1. The van der Waals surface area contributed by atoms with Crippen molar-refractivity contribution in [3.63, 3.8) is 0 Å². The number of aliphatic hydroxyl groups is 1. The number of benzene rings is 1. The molecule has 0 radical (unpaired) electrons. The average molecular weight is 432 g/mol. The summed E-state index contributed by atoms with van der Waals surface area (Å²) in [7, 11) is 0. The number of aromatic nitrogens is 2. The van der Waals surface area contributed by atoms with Crippen molar-refractivity contribution in [2.75, 3.05) is 18.0 Å². The van der Waals surface area contributed by atoms with Crippen molar-refractivity contribution in [1.29, 1.82) is 0 Å². The summed E-state index contributed by atoms with van der Waals surface area (Å²) in [5.41, 5.74) is 5.06. The Morgan fingerprint density at radius 3 is 2.62 bits per heavy atom. The van der Waals surface area contributed by atoms with Crippen LogP contribution >= 0.6 is 0 Å². The molecule has 2 heterocycles. The second kappa shape index (κ2) is 8.57. The zero-order valence-corrected chi connectivity index (χ0v) is 19.3. The molecule has 1 aliphatic carbocycles. The number of hydrogen-bond acceptors (Lipinski definition) is 6. The Morgan fingerprint density at radius 2 is 1.97 bits per heavy atom. The summed E-state index contributed by atoms with van der Waals surface area (Å²) < 4.78 is 1.32. The summed E-state index contributed by atoms with van der Waals surface area (Å²) in [5.74, 6) is 0.264. The lowest BCUT2D eigenvalue weighted by Crippen LogP contribution is -2.26. The van der Waals surface area contributed by atoms with Gasteiger partial charge in [-0.25, -0.2) is 9.98 Å². The van der Waals surface area contributed by atoms with Gasteiger partial charge in [-0.2, -0.15) is 9.78 Å². The van der Waals surface area contributed by atoms with Gasteiger partial charge in [-0.3, -0.25) is 4.79 Å². The molecular weight excluding hydrogens is 402 g/mol. The molecule has 0 spiro atoms. The zero-order valence-electron chi connectivity index (χ0n) is 19.3. The fourth-order valence-electron chi connectivity index (χ4n) is 4.10. The van der Waals surface area contributed by atoms with Gasteiger partial charge < -0.3 is 10.0 Å². The Balaban J connectivity index is 1.87. The van der Waals surface area contributed by atoms with E-state index in [1.165, 1.54) is 4.68 Å². The molecule has 2 aliphatic rings. The van der Waals surface area contributed by atoms with Crippen LogP contribution in [0.1, 0.15) is 42.9 Å². The van der Waals surface area contributed by atoms with Gasteiger partial charge in [-0.05, 0) is 70.9 Å². The predicted molar refractivity (Wildman–Crippen MR) is 130 cm³/mol. The van der Waals surface area contributed by atoms with Crippen LogP contribution in [0.25, 0.3) is 0 Å². The standard InChI is InChI=1S/C25H29N5O2/c1-6-29(7-2)18-12-13-20(15(3)14-18)27-23-22(19-10-8-9-11-21(19)31)28-30-24(23)26-17(5)16(4)25(30)32/h8-9,11-14,19,31H,6-7,10H2,1-5H3. The van der Waals surface area contributed by atoms with Gasteiger partial charge >= 0.3 is 0 Å². The monoisotopic (exact) mass is 431 g/mol. The first-order valence-electron chi connectivity index (χ1n) is 11.1. The number of anilines is 1. The third kappa shape index (κ3) is 3.68. The Morgan fingerprint density at radius 1 is 1.22 bits per heavy atom. The van der Waals surface area contributed by atoms with Gasteiger partial charge in [0.1, 0.15) is 17.2 Å². The largest absolute Gasteiger partial charge is 0.512 e. The number of allylic oxidation sites excluding steroid dienone is 4. The molecule has 2 aromatic rings. The molecule has 0 bridgehead atoms. The van der Waals surface area contributed by atoms with Crippen molar-refractivity contribution >= 4 is 22.8 Å². The highest BCUT2D eigenvalue weighted by Gasteiger charge is 2.34. The highest BCUT2D eigenvalue weighted by molar-refractivity contribution is 6.50. The van der Waals surface area contributed by atoms with Gasteiger partial charge in [0.25, 0.3) is 5.56 Å². The van der Waals surface area contributed by atoms with E-state index in [0.29, 0.717) is 34.9 Å². The molecule has 32 heavy (non-hydrogen) atoms. The Labute approximate surface area is 188 Å². The quantitative estimate of drug-likeness (QED) is 0.762. The molecule has 0 fully saturated rings. The number of aryl methyl sites for hydroxylation is 2. The molecule has 1 aromatic carbocycles.